The van der Waals surface area contributed by atoms with Gasteiger partial charge in [0.15, 0.2) is 5.65 Å². The zero-order valence-corrected chi connectivity index (χ0v) is 25.0. The van der Waals surface area contributed by atoms with Gasteiger partial charge < -0.3 is 9.13 Å². The number of nitrogens with zero attached hydrogens (tertiary/aromatic N) is 6. The lowest BCUT2D eigenvalue weighted by molar-refractivity contribution is 1.17. The van der Waals surface area contributed by atoms with E-state index in [1.807, 2.05) is 18.3 Å². The van der Waals surface area contributed by atoms with Crippen LogP contribution in [0.2, 0.25) is 0 Å². The number of pyridine rings is 3. The van der Waals surface area contributed by atoms with Crippen LogP contribution in [0.5, 0.6) is 0 Å². The first-order valence-electron chi connectivity index (χ1n) is 15.8. The SMILES string of the molecule is c1ccc(-n2c3ccccc3c3cc4c5cc6c(cc5n(-c5ccccc5)c4cc32)c2cccnc2n2c3cccnc3nc62)cc1. The number of hydrogen-bond acceptors (Lipinski definition) is 3. The van der Waals surface area contributed by atoms with E-state index in [0.717, 1.165) is 55.4 Å². The van der Waals surface area contributed by atoms with Crippen molar-refractivity contribution in [2.24, 2.45) is 0 Å². The summed E-state index contributed by atoms with van der Waals surface area (Å²) < 4.78 is 6.96. The second-order valence-corrected chi connectivity index (χ2v) is 12.2. The van der Waals surface area contributed by atoms with Crippen molar-refractivity contribution in [1.29, 1.82) is 0 Å². The van der Waals surface area contributed by atoms with E-state index < -0.39 is 0 Å². The molecule has 5 aromatic carbocycles. The van der Waals surface area contributed by atoms with E-state index in [-0.39, 0.29) is 0 Å². The van der Waals surface area contributed by atoms with Gasteiger partial charge in [0.25, 0.3) is 0 Å². The first kappa shape index (κ1) is 24.8. The molecule has 0 unspecified atom stereocenters. The van der Waals surface area contributed by atoms with Gasteiger partial charge >= 0.3 is 0 Å². The number of para-hydroxylation sites is 3. The summed E-state index contributed by atoms with van der Waals surface area (Å²) in [6.07, 6.45) is 3.66. The van der Waals surface area contributed by atoms with E-state index in [0.29, 0.717) is 5.65 Å². The van der Waals surface area contributed by atoms with Crippen LogP contribution in [0.3, 0.4) is 0 Å². The molecular weight excluding hydrogens is 576 g/mol. The van der Waals surface area contributed by atoms with Crippen LogP contribution < -0.4 is 0 Å². The zero-order valence-electron chi connectivity index (χ0n) is 25.0. The van der Waals surface area contributed by atoms with Gasteiger partial charge in [0, 0.05) is 56.1 Å². The van der Waals surface area contributed by atoms with Crippen molar-refractivity contribution in [2.75, 3.05) is 0 Å². The first-order chi connectivity index (χ1) is 23.3. The Balaban J connectivity index is 1.38. The highest BCUT2D eigenvalue weighted by molar-refractivity contribution is 6.24. The highest BCUT2D eigenvalue weighted by Crippen LogP contribution is 2.42. The van der Waals surface area contributed by atoms with Crippen LogP contribution in [0, 0.1) is 0 Å². The molecule has 0 fully saturated rings. The summed E-state index contributed by atoms with van der Waals surface area (Å²) in [5.41, 5.74) is 10.3. The molecule has 6 nitrogen and oxygen atoms in total. The first-order valence-corrected chi connectivity index (χ1v) is 15.8. The van der Waals surface area contributed by atoms with Crippen molar-refractivity contribution >= 4 is 82.2 Å². The molecule has 0 saturated carbocycles. The fraction of sp³-hybridized carbons (Fsp3) is 0. The molecule has 0 bridgehead atoms. The quantitative estimate of drug-likeness (QED) is 0.186. The molecule has 0 spiro atoms. The van der Waals surface area contributed by atoms with Gasteiger partial charge in [-0.05, 0) is 84.2 Å². The molecular formula is C41H24N6. The third kappa shape index (κ3) is 3.26. The smallest absolute Gasteiger partial charge is 0.178 e. The Morgan fingerprint density at radius 1 is 0.362 bits per heavy atom. The van der Waals surface area contributed by atoms with E-state index in [1.54, 1.807) is 6.20 Å². The number of aromatic nitrogens is 6. The van der Waals surface area contributed by atoms with Gasteiger partial charge in [-0.1, -0.05) is 54.6 Å². The lowest BCUT2D eigenvalue weighted by Crippen LogP contribution is -1.96. The van der Waals surface area contributed by atoms with Crippen molar-refractivity contribution in [3.63, 3.8) is 0 Å². The Bertz CT molecular complexity index is 3060. The average molecular weight is 601 g/mol. The Morgan fingerprint density at radius 3 is 1.72 bits per heavy atom. The van der Waals surface area contributed by atoms with Gasteiger partial charge in [-0.3, -0.25) is 4.40 Å². The Labute approximate surface area is 267 Å². The lowest BCUT2D eigenvalue weighted by atomic mass is 10.0. The number of imidazole rings is 1. The molecule has 47 heavy (non-hydrogen) atoms. The zero-order chi connectivity index (χ0) is 30.6. The maximum absolute atomic E-state index is 5.07. The molecule has 6 aromatic heterocycles. The van der Waals surface area contributed by atoms with Crippen LogP contribution in [0.4, 0.5) is 0 Å². The van der Waals surface area contributed by atoms with Gasteiger partial charge in [-0.15, -0.1) is 0 Å². The summed E-state index contributed by atoms with van der Waals surface area (Å²) in [4.78, 5) is 14.6. The van der Waals surface area contributed by atoms with Gasteiger partial charge in [0.1, 0.15) is 11.3 Å². The molecule has 0 saturated heterocycles. The highest BCUT2D eigenvalue weighted by Gasteiger charge is 2.21. The largest absolute Gasteiger partial charge is 0.309 e. The van der Waals surface area contributed by atoms with Crippen molar-refractivity contribution in [3.05, 3.63) is 146 Å². The van der Waals surface area contributed by atoms with Crippen LogP contribution in [0.1, 0.15) is 0 Å². The molecule has 0 aliphatic rings. The fourth-order valence-electron chi connectivity index (χ4n) is 7.74. The predicted octanol–water partition coefficient (Wildman–Crippen LogP) is 9.78. The molecule has 0 radical (unpaired) electrons. The standard InChI is InChI=1S/C41H24N6/c1-3-11-25(12-4-1)45-34-17-8-7-15-27(34)30-21-31-32-22-33-29(23-36(32)46(38(31)24-37(30)45)26-13-5-2-6-14-26)28-16-9-20-43-40(28)47-35-18-10-19-42-39(35)44-41(33)47/h1-24H. The molecule has 11 rings (SSSR count). The van der Waals surface area contributed by atoms with E-state index in [1.165, 1.54) is 32.6 Å². The van der Waals surface area contributed by atoms with Crippen LogP contribution in [-0.2, 0) is 0 Å². The summed E-state index contributed by atoms with van der Waals surface area (Å²) in [5, 5.41) is 8.12. The maximum atomic E-state index is 5.07. The van der Waals surface area contributed by atoms with Crippen LogP contribution in [0.15, 0.2) is 146 Å². The molecule has 218 valence electrons. The average Bonchev–Trinajstić information content (AvgIpc) is 3.78. The summed E-state index contributed by atoms with van der Waals surface area (Å²) >= 11 is 0. The Morgan fingerprint density at radius 2 is 0.936 bits per heavy atom. The Hall–Kier alpha value is -6.53. The molecule has 0 N–H and O–H groups in total. The van der Waals surface area contributed by atoms with Gasteiger partial charge in [-0.25, -0.2) is 15.0 Å². The topological polar surface area (TPSA) is 52.9 Å². The molecule has 0 aliphatic carbocycles. The molecule has 6 heteroatoms. The normalized spacial score (nSPS) is 12.3. The minimum atomic E-state index is 0.717. The monoisotopic (exact) mass is 600 g/mol. The van der Waals surface area contributed by atoms with Gasteiger partial charge in [0.05, 0.1) is 27.6 Å². The van der Waals surface area contributed by atoms with E-state index >= 15 is 0 Å². The third-order valence-corrected chi connectivity index (χ3v) is 9.69. The number of hydrogen-bond donors (Lipinski definition) is 0. The number of rotatable bonds is 2. The molecule has 0 aliphatic heterocycles. The van der Waals surface area contributed by atoms with Crippen molar-refractivity contribution in [2.45, 2.75) is 0 Å². The summed E-state index contributed by atoms with van der Waals surface area (Å²) in [6.45, 7) is 0. The third-order valence-electron chi connectivity index (χ3n) is 9.69. The van der Waals surface area contributed by atoms with Gasteiger partial charge in [-0.2, -0.15) is 0 Å². The second-order valence-electron chi connectivity index (χ2n) is 12.2. The van der Waals surface area contributed by atoms with E-state index in [4.69, 9.17) is 9.97 Å². The molecule has 6 heterocycles. The minimum Gasteiger partial charge on any atom is -0.309 e. The molecule has 0 atom stereocenters. The summed E-state index contributed by atoms with van der Waals surface area (Å²) in [7, 11) is 0. The van der Waals surface area contributed by atoms with Crippen molar-refractivity contribution in [3.8, 4) is 11.4 Å². The summed E-state index contributed by atoms with van der Waals surface area (Å²) in [6, 6.07) is 47.7. The lowest BCUT2D eigenvalue weighted by Gasteiger charge is -2.11. The maximum Gasteiger partial charge on any atom is 0.178 e. The van der Waals surface area contributed by atoms with Crippen LogP contribution >= 0.6 is 0 Å². The molecule has 11 aromatic rings. The molecule has 0 amide bonds. The Kier molecular flexibility index (Phi) is 4.75. The highest BCUT2D eigenvalue weighted by atomic mass is 15.1. The van der Waals surface area contributed by atoms with Crippen LogP contribution in [-0.4, -0.2) is 28.5 Å². The minimum absolute atomic E-state index is 0.717. The van der Waals surface area contributed by atoms with E-state index in [9.17, 15) is 0 Å². The van der Waals surface area contributed by atoms with Crippen molar-refractivity contribution < 1.29 is 0 Å². The van der Waals surface area contributed by atoms with Crippen LogP contribution in [0.25, 0.3) is 93.6 Å². The number of fused-ring (bicyclic) bond motifs is 14. The fourth-order valence-corrected chi connectivity index (χ4v) is 7.74. The van der Waals surface area contributed by atoms with E-state index in [2.05, 4.69) is 140 Å². The van der Waals surface area contributed by atoms with Crippen molar-refractivity contribution in [1.82, 2.24) is 28.5 Å². The predicted molar refractivity (Wildman–Crippen MR) is 192 cm³/mol. The van der Waals surface area contributed by atoms with Gasteiger partial charge in [0.2, 0.25) is 0 Å². The second kappa shape index (κ2) is 9.02. The number of benzene rings is 5. The summed E-state index contributed by atoms with van der Waals surface area (Å²) in [5.74, 6) is 0.